The van der Waals surface area contributed by atoms with E-state index in [1.807, 2.05) is 42.5 Å². The molecular weight excluding hydrogens is 294 g/mol. The van der Waals surface area contributed by atoms with E-state index in [1.165, 1.54) is 16.8 Å². The molecule has 0 aliphatic heterocycles. The van der Waals surface area contributed by atoms with Crippen molar-refractivity contribution in [3.05, 3.63) is 88.7 Å². The van der Waals surface area contributed by atoms with Crippen molar-refractivity contribution in [2.24, 2.45) is 0 Å². The van der Waals surface area contributed by atoms with Crippen molar-refractivity contribution in [2.75, 3.05) is 0 Å². The Hall–Kier alpha value is -3.13. The molecule has 2 heteroatoms. The van der Waals surface area contributed by atoms with Gasteiger partial charge in [-0.15, -0.1) is 0 Å². The van der Waals surface area contributed by atoms with Crippen molar-refractivity contribution in [3.8, 4) is 11.1 Å². The summed E-state index contributed by atoms with van der Waals surface area (Å²) in [5, 5.41) is 2.70. The minimum Gasteiger partial charge on any atom is -0.312 e. The van der Waals surface area contributed by atoms with Crippen LogP contribution in [0.3, 0.4) is 0 Å². The molecule has 0 atom stereocenters. The fourth-order valence-electron chi connectivity index (χ4n) is 3.92. The van der Waals surface area contributed by atoms with Gasteiger partial charge in [0.15, 0.2) is 5.43 Å². The lowest BCUT2D eigenvalue weighted by atomic mass is 10.0. The highest BCUT2D eigenvalue weighted by atomic mass is 16.1. The normalized spacial score (nSPS) is 11.7. The second-order valence-electron chi connectivity index (χ2n) is 6.21. The molecule has 0 saturated heterocycles. The Balaban J connectivity index is 2.13. The molecule has 114 valence electrons. The summed E-state index contributed by atoms with van der Waals surface area (Å²) in [4.78, 5) is 12.9. The lowest BCUT2D eigenvalue weighted by Crippen LogP contribution is -2.06. The predicted molar refractivity (Wildman–Crippen MR) is 100 cm³/mol. The van der Waals surface area contributed by atoms with Gasteiger partial charge < -0.3 is 4.40 Å². The minimum atomic E-state index is 0.112. The van der Waals surface area contributed by atoms with E-state index in [9.17, 15) is 4.79 Å². The zero-order chi connectivity index (χ0) is 16.3. The Kier molecular flexibility index (Phi) is 2.60. The third-order valence-corrected chi connectivity index (χ3v) is 4.92. The van der Waals surface area contributed by atoms with Gasteiger partial charge in [0.05, 0.1) is 11.0 Å². The minimum absolute atomic E-state index is 0.112. The molecule has 2 heterocycles. The summed E-state index contributed by atoms with van der Waals surface area (Å²) >= 11 is 0. The molecule has 0 fully saturated rings. The molecule has 0 saturated carbocycles. The van der Waals surface area contributed by atoms with E-state index in [2.05, 4.69) is 41.7 Å². The van der Waals surface area contributed by atoms with Gasteiger partial charge in [-0.3, -0.25) is 4.79 Å². The van der Waals surface area contributed by atoms with Gasteiger partial charge >= 0.3 is 0 Å². The van der Waals surface area contributed by atoms with Crippen LogP contribution in [0.5, 0.6) is 0 Å². The maximum absolute atomic E-state index is 12.9. The van der Waals surface area contributed by atoms with E-state index in [-0.39, 0.29) is 5.43 Å². The number of aromatic nitrogens is 1. The summed E-state index contributed by atoms with van der Waals surface area (Å²) in [6.07, 6.45) is 0. The third-order valence-electron chi connectivity index (χ3n) is 4.92. The van der Waals surface area contributed by atoms with Gasteiger partial charge in [0.25, 0.3) is 0 Å². The lowest BCUT2D eigenvalue weighted by molar-refractivity contribution is 1.17. The van der Waals surface area contributed by atoms with E-state index < -0.39 is 0 Å². The van der Waals surface area contributed by atoms with Crippen LogP contribution in [-0.4, -0.2) is 4.40 Å². The summed E-state index contributed by atoms with van der Waals surface area (Å²) < 4.78 is 2.24. The van der Waals surface area contributed by atoms with Gasteiger partial charge in [-0.25, -0.2) is 0 Å². The Morgan fingerprint density at radius 1 is 0.708 bits per heavy atom. The number of nitrogens with zero attached hydrogens (tertiary/aromatic N) is 1. The third kappa shape index (κ3) is 1.57. The predicted octanol–water partition coefficient (Wildman–Crippen LogP) is 5.02. The van der Waals surface area contributed by atoms with Crippen LogP contribution in [0.4, 0.5) is 0 Å². The van der Waals surface area contributed by atoms with Gasteiger partial charge in [0.1, 0.15) is 0 Å². The highest BCUT2D eigenvalue weighted by Gasteiger charge is 2.19. The molecule has 0 radical (unpaired) electrons. The summed E-state index contributed by atoms with van der Waals surface area (Å²) in [6, 6.07) is 24.3. The van der Waals surface area contributed by atoms with E-state index >= 15 is 0 Å². The fraction of sp³-hybridized carbons (Fsp3) is 0.0455. The van der Waals surface area contributed by atoms with Crippen LogP contribution in [0.25, 0.3) is 38.3 Å². The topological polar surface area (TPSA) is 21.5 Å². The van der Waals surface area contributed by atoms with E-state index in [4.69, 9.17) is 0 Å². The van der Waals surface area contributed by atoms with Gasteiger partial charge in [-0.05, 0) is 30.7 Å². The number of hydrogen-bond donors (Lipinski definition) is 0. The highest BCUT2D eigenvalue weighted by molar-refractivity contribution is 6.10. The molecule has 0 N–H and O–H groups in total. The standard InChI is InChI=1S/C22H15NO/c1-14-20(15-8-3-2-4-9-15)17-11-7-12-18-21(17)23(14)19-13-6-5-10-16(19)22(18)24/h2-13H,1H3. The first kappa shape index (κ1) is 13.3. The number of rotatable bonds is 1. The molecular formula is C22H15NO. The molecule has 5 aromatic rings. The van der Waals surface area contributed by atoms with Crippen molar-refractivity contribution < 1.29 is 0 Å². The molecule has 0 spiro atoms. The van der Waals surface area contributed by atoms with Crippen molar-refractivity contribution in [2.45, 2.75) is 6.92 Å². The summed E-state index contributed by atoms with van der Waals surface area (Å²) in [5.41, 5.74) is 5.67. The first-order valence-electron chi connectivity index (χ1n) is 8.11. The summed E-state index contributed by atoms with van der Waals surface area (Å²) in [6.45, 7) is 2.14. The van der Waals surface area contributed by atoms with Crippen LogP contribution in [0, 0.1) is 6.92 Å². The number of fused-ring (bicyclic) bond motifs is 2. The van der Waals surface area contributed by atoms with Crippen LogP contribution in [-0.2, 0) is 0 Å². The van der Waals surface area contributed by atoms with Crippen LogP contribution in [0.15, 0.2) is 77.6 Å². The molecule has 3 aromatic carbocycles. The van der Waals surface area contributed by atoms with Crippen LogP contribution >= 0.6 is 0 Å². The fourth-order valence-corrected chi connectivity index (χ4v) is 3.92. The molecule has 0 aliphatic carbocycles. The number of aryl methyl sites for hydroxylation is 1. The molecule has 2 nitrogen and oxygen atoms in total. The Bertz CT molecular complexity index is 1270. The quantitative estimate of drug-likeness (QED) is 0.398. The summed E-state index contributed by atoms with van der Waals surface area (Å²) in [5.74, 6) is 0. The number of para-hydroxylation sites is 2. The van der Waals surface area contributed by atoms with Crippen LogP contribution in [0.2, 0.25) is 0 Å². The Morgan fingerprint density at radius 2 is 1.38 bits per heavy atom. The van der Waals surface area contributed by atoms with Gasteiger partial charge in [-0.1, -0.05) is 54.6 Å². The zero-order valence-electron chi connectivity index (χ0n) is 13.3. The maximum Gasteiger partial charge on any atom is 0.197 e. The monoisotopic (exact) mass is 309 g/mol. The van der Waals surface area contributed by atoms with Crippen molar-refractivity contribution in [3.63, 3.8) is 0 Å². The van der Waals surface area contributed by atoms with Gasteiger partial charge in [0.2, 0.25) is 0 Å². The van der Waals surface area contributed by atoms with Gasteiger partial charge in [-0.2, -0.15) is 0 Å². The second-order valence-corrected chi connectivity index (χ2v) is 6.21. The molecule has 5 rings (SSSR count). The Labute approximate surface area is 138 Å². The second kappa shape index (κ2) is 4.68. The zero-order valence-corrected chi connectivity index (χ0v) is 13.3. The van der Waals surface area contributed by atoms with E-state index in [1.54, 1.807) is 0 Å². The van der Waals surface area contributed by atoms with Gasteiger partial charge in [0, 0.05) is 27.4 Å². The largest absolute Gasteiger partial charge is 0.312 e. The molecule has 24 heavy (non-hydrogen) atoms. The maximum atomic E-state index is 12.9. The SMILES string of the molecule is Cc1c(-c2ccccc2)c2cccc3c(=O)c4ccccc4n1c23. The van der Waals surface area contributed by atoms with Crippen molar-refractivity contribution in [1.29, 1.82) is 0 Å². The molecule has 2 aromatic heterocycles. The first-order chi connectivity index (χ1) is 11.8. The smallest absolute Gasteiger partial charge is 0.197 e. The van der Waals surface area contributed by atoms with Crippen LogP contribution in [0.1, 0.15) is 5.69 Å². The first-order valence-corrected chi connectivity index (χ1v) is 8.11. The molecule has 0 bridgehead atoms. The number of pyridine rings is 1. The molecule has 0 aliphatic rings. The van der Waals surface area contributed by atoms with Crippen LogP contribution < -0.4 is 5.43 Å². The lowest BCUT2D eigenvalue weighted by Gasteiger charge is -2.07. The number of benzene rings is 3. The van der Waals surface area contributed by atoms with Crippen molar-refractivity contribution in [1.82, 2.24) is 4.40 Å². The average Bonchev–Trinajstić information content (AvgIpc) is 2.93. The average molecular weight is 309 g/mol. The summed E-state index contributed by atoms with van der Waals surface area (Å²) in [7, 11) is 0. The Morgan fingerprint density at radius 3 is 2.21 bits per heavy atom. The van der Waals surface area contributed by atoms with E-state index in [0.29, 0.717) is 0 Å². The molecule has 0 amide bonds. The molecule has 0 unspecified atom stereocenters. The highest BCUT2D eigenvalue weighted by Crippen LogP contribution is 2.37. The number of hydrogen-bond acceptors (Lipinski definition) is 1. The van der Waals surface area contributed by atoms with E-state index in [0.717, 1.165) is 27.2 Å². The van der Waals surface area contributed by atoms with Crippen molar-refractivity contribution >= 4 is 27.2 Å².